The van der Waals surface area contributed by atoms with E-state index < -0.39 is 0 Å². The van der Waals surface area contributed by atoms with Gasteiger partial charge in [-0.25, -0.2) is 0 Å². The third kappa shape index (κ3) is 8.58. The summed E-state index contributed by atoms with van der Waals surface area (Å²) in [6.07, 6.45) is 6.15. The predicted molar refractivity (Wildman–Crippen MR) is 130 cm³/mol. The fourth-order valence-corrected chi connectivity index (χ4v) is 3.73. The van der Waals surface area contributed by atoms with Crippen LogP contribution in [0.5, 0.6) is 11.5 Å². The largest absolute Gasteiger partial charge is 0.493 e. The predicted octanol–water partition coefficient (Wildman–Crippen LogP) is 4.23. The van der Waals surface area contributed by atoms with Gasteiger partial charge in [0.05, 0.1) is 13.7 Å². The van der Waals surface area contributed by atoms with Crippen LogP contribution in [-0.4, -0.2) is 52.5 Å². The summed E-state index contributed by atoms with van der Waals surface area (Å²) in [5.74, 6) is 2.35. The average molecular weight is 519 g/mol. The lowest BCUT2D eigenvalue weighted by Crippen LogP contribution is -2.42. The van der Waals surface area contributed by atoms with Gasteiger partial charge in [-0.15, -0.1) is 24.0 Å². The second-order valence-electron chi connectivity index (χ2n) is 7.61. The summed E-state index contributed by atoms with van der Waals surface area (Å²) in [5.41, 5.74) is 0.290. The molecule has 0 amide bonds. The van der Waals surface area contributed by atoms with Crippen LogP contribution in [0.3, 0.4) is 0 Å². The fourth-order valence-electron chi connectivity index (χ4n) is 3.73. The zero-order valence-corrected chi connectivity index (χ0v) is 20.7. The van der Waals surface area contributed by atoms with E-state index in [0.29, 0.717) is 6.54 Å². The van der Waals surface area contributed by atoms with Crippen LogP contribution in [0.25, 0.3) is 0 Å². The fraction of sp³-hybridized carbons (Fsp3) is 0.682. The molecule has 166 valence electrons. The lowest BCUT2D eigenvalue weighted by Gasteiger charge is -2.27. The average Bonchev–Trinajstić information content (AvgIpc) is 3.18. The number of aliphatic imine (C=N–C) groups is 1. The Balaban J connectivity index is 0.00000420. The number of rotatable bonds is 11. The van der Waals surface area contributed by atoms with Gasteiger partial charge in [-0.2, -0.15) is 0 Å². The molecule has 0 saturated heterocycles. The van der Waals surface area contributed by atoms with Gasteiger partial charge in [0.25, 0.3) is 0 Å². The third-order valence-corrected chi connectivity index (χ3v) is 5.37. The van der Waals surface area contributed by atoms with E-state index in [4.69, 9.17) is 19.2 Å². The van der Waals surface area contributed by atoms with Gasteiger partial charge in [0.1, 0.15) is 6.10 Å². The number of guanidine groups is 1. The summed E-state index contributed by atoms with van der Waals surface area (Å²) < 4.78 is 16.7. The van der Waals surface area contributed by atoms with E-state index in [-0.39, 0.29) is 35.5 Å². The van der Waals surface area contributed by atoms with Crippen molar-refractivity contribution in [2.45, 2.75) is 52.1 Å². The van der Waals surface area contributed by atoms with Crippen LogP contribution in [-0.2, 0) is 4.74 Å². The quantitative estimate of drug-likeness (QED) is 0.260. The van der Waals surface area contributed by atoms with Gasteiger partial charge in [-0.05, 0) is 50.7 Å². The molecule has 1 saturated carbocycles. The Morgan fingerprint density at radius 3 is 2.45 bits per heavy atom. The minimum absolute atomic E-state index is 0. The maximum Gasteiger partial charge on any atom is 0.191 e. The second kappa shape index (κ2) is 13.9. The monoisotopic (exact) mass is 519 g/mol. The maximum absolute atomic E-state index is 6.03. The Morgan fingerprint density at radius 1 is 1.14 bits per heavy atom. The van der Waals surface area contributed by atoms with Crippen molar-refractivity contribution in [3.05, 3.63) is 24.3 Å². The minimum Gasteiger partial charge on any atom is -0.493 e. The number of halogens is 1. The molecule has 7 heteroatoms. The van der Waals surface area contributed by atoms with Crippen LogP contribution in [0.4, 0.5) is 0 Å². The first-order valence-corrected chi connectivity index (χ1v) is 10.4. The number of ether oxygens (including phenoxy) is 3. The van der Waals surface area contributed by atoms with Gasteiger partial charge in [-0.1, -0.05) is 25.0 Å². The molecule has 1 aromatic carbocycles. The van der Waals surface area contributed by atoms with Gasteiger partial charge in [-0.3, -0.25) is 4.99 Å². The second-order valence-corrected chi connectivity index (χ2v) is 7.61. The molecule has 0 bridgehead atoms. The van der Waals surface area contributed by atoms with E-state index >= 15 is 0 Å². The highest BCUT2D eigenvalue weighted by molar-refractivity contribution is 14.0. The highest BCUT2D eigenvalue weighted by Crippen LogP contribution is 2.41. The Kier molecular flexibility index (Phi) is 12.4. The van der Waals surface area contributed by atoms with E-state index in [1.54, 1.807) is 14.2 Å². The normalized spacial score (nSPS) is 16.6. The van der Waals surface area contributed by atoms with Crippen LogP contribution < -0.4 is 20.1 Å². The Hall–Kier alpha value is -1.22. The number of methoxy groups -OCH3 is 2. The van der Waals surface area contributed by atoms with E-state index in [2.05, 4.69) is 17.6 Å². The molecule has 0 heterocycles. The molecule has 29 heavy (non-hydrogen) atoms. The standard InChI is InChI=1S/C22H37N3O3.HI/c1-5-23-21(25-17-22(14-15-26-3)12-8-9-13-22)24-16-18(2)28-20-11-7-6-10-19(20)27-4;/h6-7,10-11,18H,5,8-9,12-17H2,1-4H3,(H2,23,24,25);1H. The van der Waals surface area contributed by atoms with Crippen molar-refractivity contribution in [1.82, 2.24) is 10.6 Å². The SMILES string of the molecule is CCNC(=NCC1(CCOC)CCCC1)NCC(C)Oc1ccccc1OC.I. The summed E-state index contributed by atoms with van der Waals surface area (Å²) in [5, 5.41) is 6.77. The lowest BCUT2D eigenvalue weighted by atomic mass is 9.83. The number of nitrogens with one attached hydrogen (secondary N) is 2. The number of hydrogen-bond donors (Lipinski definition) is 2. The van der Waals surface area contributed by atoms with Gasteiger partial charge >= 0.3 is 0 Å². The van der Waals surface area contributed by atoms with Crippen LogP contribution in [0.1, 0.15) is 46.0 Å². The molecular formula is C22H38IN3O3. The summed E-state index contributed by atoms with van der Waals surface area (Å²) in [6.45, 7) is 7.27. The van der Waals surface area contributed by atoms with Crippen LogP contribution in [0.2, 0.25) is 0 Å². The molecule has 1 aliphatic carbocycles. The first kappa shape index (κ1) is 25.8. The maximum atomic E-state index is 6.03. The summed E-state index contributed by atoms with van der Waals surface area (Å²) >= 11 is 0. The molecule has 2 rings (SSSR count). The zero-order valence-electron chi connectivity index (χ0n) is 18.3. The molecular weight excluding hydrogens is 481 g/mol. The molecule has 1 aromatic rings. The molecule has 0 aliphatic heterocycles. The molecule has 0 radical (unpaired) electrons. The van der Waals surface area contributed by atoms with Crippen molar-refractivity contribution in [3.63, 3.8) is 0 Å². The van der Waals surface area contributed by atoms with Gasteiger partial charge in [0.15, 0.2) is 17.5 Å². The van der Waals surface area contributed by atoms with Gasteiger partial charge < -0.3 is 24.8 Å². The lowest BCUT2D eigenvalue weighted by molar-refractivity contribution is 0.141. The molecule has 0 aromatic heterocycles. The minimum atomic E-state index is -0.0194. The molecule has 1 atom stereocenters. The van der Waals surface area contributed by atoms with E-state index in [1.807, 2.05) is 31.2 Å². The Bertz CT molecular complexity index is 607. The van der Waals surface area contributed by atoms with Gasteiger partial charge in [0.2, 0.25) is 0 Å². The van der Waals surface area contributed by atoms with Crippen molar-refractivity contribution in [3.8, 4) is 11.5 Å². The molecule has 2 N–H and O–H groups in total. The summed E-state index contributed by atoms with van der Waals surface area (Å²) in [4.78, 5) is 4.89. The van der Waals surface area contributed by atoms with Crippen LogP contribution >= 0.6 is 24.0 Å². The smallest absolute Gasteiger partial charge is 0.191 e. The van der Waals surface area contributed by atoms with Crippen molar-refractivity contribution < 1.29 is 14.2 Å². The van der Waals surface area contributed by atoms with Crippen LogP contribution in [0.15, 0.2) is 29.3 Å². The Labute approximate surface area is 193 Å². The molecule has 1 unspecified atom stereocenters. The number of benzene rings is 1. The third-order valence-electron chi connectivity index (χ3n) is 5.37. The topological polar surface area (TPSA) is 64.1 Å². The van der Waals surface area contributed by atoms with E-state index in [0.717, 1.165) is 43.6 Å². The van der Waals surface area contributed by atoms with Crippen LogP contribution in [0, 0.1) is 5.41 Å². The first-order chi connectivity index (χ1) is 13.6. The highest BCUT2D eigenvalue weighted by atomic mass is 127. The van der Waals surface area contributed by atoms with E-state index in [9.17, 15) is 0 Å². The van der Waals surface area contributed by atoms with E-state index in [1.165, 1.54) is 25.7 Å². The summed E-state index contributed by atoms with van der Waals surface area (Å²) in [7, 11) is 3.43. The molecule has 6 nitrogen and oxygen atoms in total. The van der Waals surface area contributed by atoms with Crippen molar-refractivity contribution in [1.29, 1.82) is 0 Å². The number of nitrogens with zero attached hydrogens (tertiary/aromatic N) is 1. The molecule has 0 spiro atoms. The van der Waals surface area contributed by atoms with Gasteiger partial charge in [0, 0.05) is 26.8 Å². The number of para-hydroxylation sites is 2. The zero-order chi connectivity index (χ0) is 20.2. The molecule has 1 fully saturated rings. The highest BCUT2D eigenvalue weighted by Gasteiger charge is 2.33. The van der Waals surface area contributed by atoms with Crippen molar-refractivity contribution in [2.24, 2.45) is 10.4 Å². The molecule has 1 aliphatic rings. The summed E-state index contributed by atoms with van der Waals surface area (Å²) in [6, 6.07) is 7.72. The van der Waals surface area contributed by atoms with Crippen molar-refractivity contribution >= 4 is 29.9 Å². The Morgan fingerprint density at radius 2 is 1.83 bits per heavy atom. The first-order valence-electron chi connectivity index (χ1n) is 10.4. The van der Waals surface area contributed by atoms with Crippen molar-refractivity contribution in [2.75, 3.05) is 40.5 Å². The number of hydrogen-bond acceptors (Lipinski definition) is 4.